The summed E-state index contributed by atoms with van der Waals surface area (Å²) >= 11 is 0. The van der Waals surface area contributed by atoms with Crippen LogP contribution in [0.3, 0.4) is 0 Å². The predicted molar refractivity (Wildman–Crippen MR) is 97.6 cm³/mol. The molecule has 3 rings (SSSR count). The van der Waals surface area contributed by atoms with Crippen LogP contribution in [0.15, 0.2) is 30.3 Å². The zero-order valence-electron chi connectivity index (χ0n) is 14.7. The Balaban J connectivity index is 1.35. The number of urea groups is 1. The van der Waals surface area contributed by atoms with Gasteiger partial charge in [-0.1, -0.05) is 18.2 Å². The highest BCUT2D eigenvalue weighted by Crippen LogP contribution is 2.15. The first kappa shape index (κ1) is 17.5. The normalized spacial score (nSPS) is 22.2. The molecule has 7 nitrogen and oxygen atoms in total. The van der Waals surface area contributed by atoms with Crippen molar-refractivity contribution in [2.45, 2.75) is 25.4 Å². The molecule has 0 bridgehead atoms. The first-order chi connectivity index (χ1) is 12.1. The van der Waals surface area contributed by atoms with Crippen LogP contribution in [0.1, 0.15) is 13.3 Å². The van der Waals surface area contributed by atoms with Gasteiger partial charge in [-0.3, -0.25) is 9.69 Å². The van der Waals surface area contributed by atoms with Gasteiger partial charge in [0.2, 0.25) is 5.91 Å². The van der Waals surface area contributed by atoms with E-state index >= 15 is 0 Å². The summed E-state index contributed by atoms with van der Waals surface area (Å²) in [4.78, 5) is 28.0. The Kier molecular flexibility index (Phi) is 5.75. The lowest BCUT2D eigenvalue weighted by Crippen LogP contribution is -2.49. The number of amides is 3. The number of piperazine rings is 1. The maximum atomic E-state index is 12.1. The summed E-state index contributed by atoms with van der Waals surface area (Å²) in [7, 11) is 0. The summed E-state index contributed by atoms with van der Waals surface area (Å²) in [5.41, 5.74) is 1.29. The summed E-state index contributed by atoms with van der Waals surface area (Å²) in [6.07, 6.45) is 0.908. The second-order valence-corrected chi connectivity index (χ2v) is 6.77. The molecule has 0 spiro atoms. The molecule has 2 fully saturated rings. The molecule has 2 aliphatic heterocycles. The van der Waals surface area contributed by atoms with Crippen molar-refractivity contribution < 1.29 is 9.59 Å². The van der Waals surface area contributed by atoms with Crippen molar-refractivity contribution in [3.8, 4) is 0 Å². The first-order valence-corrected chi connectivity index (χ1v) is 8.99. The third-order valence-corrected chi connectivity index (χ3v) is 4.85. The molecular formula is C18H27N5O2. The Bertz CT molecular complexity index is 586. The highest BCUT2D eigenvalue weighted by atomic mass is 16.2. The average Bonchev–Trinajstić information content (AvgIpc) is 3.08. The van der Waals surface area contributed by atoms with E-state index in [-0.39, 0.29) is 18.0 Å². The fourth-order valence-electron chi connectivity index (χ4n) is 3.27. The van der Waals surface area contributed by atoms with Gasteiger partial charge in [0, 0.05) is 51.0 Å². The van der Waals surface area contributed by atoms with Crippen LogP contribution in [0.2, 0.25) is 0 Å². The van der Waals surface area contributed by atoms with E-state index in [9.17, 15) is 9.59 Å². The quantitative estimate of drug-likeness (QED) is 0.697. The fourth-order valence-corrected chi connectivity index (χ4v) is 3.27. The number of nitrogens with one attached hydrogen (secondary N) is 3. The topological polar surface area (TPSA) is 76.7 Å². The van der Waals surface area contributed by atoms with E-state index in [1.165, 1.54) is 5.69 Å². The standard InChI is InChI=1S/C18H27N5O2/c1-14(20-17(24)16-13-19-18(25)21-16)7-8-22-9-11-23(12-10-22)15-5-3-2-4-6-15/h2-6,14,16H,7-13H2,1H3,(H,20,24)(H2,19,21,25)/t14-,16-/m1/s1. The lowest BCUT2D eigenvalue weighted by molar-refractivity contribution is -0.123. The first-order valence-electron chi connectivity index (χ1n) is 8.99. The number of benzene rings is 1. The lowest BCUT2D eigenvalue weighted by atomic mass is 10.2. The summed E-state index contributed by atoms with van der Waals surface area (Å²) < 4.78 is 0. The summed E-state index contributed by atoms with van der Waals surface area (Å²) in [5, 5.41) is 8.19. The summed E-state index contributed by atoms with van der Waals surface area (Å²) in [5.74, 6) is -0.111. The molecule has 2 heterocycles. The average molecular weight is 345 g/mol. The molecule has 3 N–H and O–H groups in total. The van der Waals surface area contributed by atoms with Gasteiger partial charge in [0.25, 0.3) is 0 Å². The zero-order valence-corrected chi connectivity index (χ0v) is 14.7. The van der Waals surface area contributed by atoms with E-state index in [2.05, 4.69) is 50.0 Å². The van der Waals surface area contributed by atoms with Crippen molar-refractivity contribution in [2.75, 3.05) is 44.2 Å². The Morgan fingerprint density at radius 1 is 1.24 bits per heavy atom. The molecule has 0 aromatic heterocycles. The maximum Gasteiger partial charge on any atom is 0.315 e. The third kappa shape index (κ3) is 4.85. The number of carbonyl (C=O) groups excluding carboxylic acids is 2. The van der Waals surface area contributed by atoms with Gasteiger partial charge in [-0.2, -0.15) is 0 Å². The number of carbonyl (C=O) groups is 2. The van der Waals surface area contributed by atoms with Crippen LogP contribution in [0.5, 0.6) is 0 Å². The minimum absolute atomic E-state index is 0.0946. The second-order valence-electron chi connectivity index (χ2n) is 6.77. The van der Waals surface area contributed by atoms with Crippen molar-refractivity contribution in [3.63, 3.8) is 0 Å². The van der Waals surface area contributed by atoms with Crippen LogP contribution < -0.4 is 20.9 Å². The minimum atomic E-state index is -0.454. The van der Waals surface area contributed by atoms with E-state index in [1.54, 1.807) is 0 Å². The molecule has 2 aliphatic rings. The molecule has 25 heavy (non-hydrogen) atoms. The van der Waals surface area contributed by atoms with Gasteiger partial charge in [0.15, 0.2) is 0 Å². The Morgan fingerprint density at radius 2 is 1.96 bits per heavy atom. The van der Waals surface area contributed by atoms with Crippen molar-refractivity contribution in [3.05, 3.63) is 30.3 Å². The van der Waals surface area contributed by atoms with Gasteiger partial charge >= 0.3 is 6.03 Å². The molecule has 3 amide bonds. The number of hydrogen-bond acceptors (Lipinski definition) is 4. The molecule has 0 unspecified atom stereocenters. The Hall–Kier alpha value is -2.28. The molecule has 0 aliphatic carbocycles. The molecule has 0 saturated carbocycles. The van der Waals surface area contributed by atoms with Crippen molar-refractivity contribution >= 4 is 17.6 Å². The highest BCUT2D eigenvalue weighted by molar-refractivity contribution is 5.90. The predicted octanol–water partition coefficient (Wildman–Crippen LogP) is 0.385. The van der Waals surface area contributed by atoms with Crippen molar-refractivity contribution in [1.82, 2.24) is 20.9 Å². The lowest BCUT2D eigenvalue weighted by Gasteiger charge is -2.36. The van der Waals surface area contributed by atoms with Crippen LogP contribution in [-0.4, -0.2) is 68.2 Å². The van der Waals surface area contributed by atoms with Crippen LogP contribution in [-0.2, 0) is 4.79 Å². The molecule has 1 aromatic rings. The van der Waals surface area contributed by atoms with Crippen LogP contribution in [0.25, 0.3) is 0 Å². The second kappa shape index (κ2) is 8.20. The fraction of sp³-hybridized carbons (Fsp3) is 0.556. The van der Waals surface area contributed by atoms with Gasteiger partial charge in [-0.25, -0.2) is 4.79 Å². The van der Waals surface area contributed by atoms with Gasteiger partial charge in [-0.05, 0) is 25.5 Å². The van der Waals surface area contributed by atoms with Crippen molar-refractivity contribution in [2.24, 2.45) is 0 Å². The van der Waals surface area contributed by atoms with Crippen LogP contribution in [0, 0.1) is 0 Å². The molecule has 136 valence electrons. The number of rotatable bonds is 6. The van der Waals surface area contributed by atoms with E-state index in [0.29, 0.717) is 6.54 Å². The van der Waals surface area contributed by atoms with Crippen molar-refractivity contribution in [1.29, 1.82) is 0 Å². The van der Waals surface area contributed by atoms with Gasteiger partial charge in [0.05, 0.1) is 0 Å². The third-order valence-electron chi connectivity index (χ3n) is 4.85. The van der Waals surface area contributed by atoms with E-state index < -0.39 is 6.04 Å². The van der Waals surface area contributed by atoms with Crippen LogP contribution in [0.4, 0.5) is 10.5 Å². The number of para-hydroxylation sites is 1. The number of hydrogen-bond donors (Lipinski definition) is 3. The maximum absolute atomic E-state index is 12.1. The molecule has 1 aromatic carbocycles. The molecule has 7 heteroatoms. The smallest absolute Gasteiger partial charge is 0.315 e. The largest absolute Gasteiger partial charge is 0.369 e. The number of anilines is 1. The molecule has 2 atom stereocenters. The minimum Gasteiger partial charge on any atom is -0.369 e. The molecule has 2 saturated heterocycles. The molecule has 0 radical (unpaired) electrons. The van der Waals surface area contributed by atoms with E-state index in [1.807, 2.05) is 13.0 Å². The monoisotopic (exact) mass is 345 g/mol. The Morgan fingerprint density at radius 3 is 2.60 bits per heavy atom. The Labute approximate surface area is 148 Å². The van der Waals surface area contributed by atoms with Crippen LogP contribution >= 0.6 is 0 Å². The summed E-state index contributed by atoms with van der Waals surface area (Å²) in [6, 6.07) is 9.88. The highest BCUT2D eigenvalue weighted by Gasteiger charge is 2.27. The van der Waals surface area contributed by atoms with E-state index in [4.69, 9.17) is 0 Å². The van der Waals surface area contributed by atoms with Gasteiger partial charge in [-0.15, -0.1) is 0 Å². The van der Waals surface area contributed by atoms with Gasteiger partial charge < -0.3 is 20.9 Å². The number of nitrogens with zero attached hydrogens (tertiary/aromatic N) is 2. The van der Waals surface area contributed by atoms with E-state index in [0.717, 1.165) is 39.1 Å². The zero-order chi connectivity index (χ0) is 17.6. The van der Waals surface area contributed by atoms with Gasteiger partial charge in [0.1, 0.15) is 6.04 Å². The molecular weight excluding hydrogens is 318 g/mol. The summed E-state index contributed by atoms with van der Waals surface area (Å²) in [6.45, 7) is 7.49. The SMILES string of the molecule is C[C@H](CCN1CCN(c2ccccc2)CC1)NC(=O)[C@H]1CNC(=O)N1.